The fourth-order valence-electron chi connectivity index (χ4n) is 5.68. The number of phosphoric acid groups is 1. The van der Waals surface area contributed by atoms with Crippen LogP contribution in [0.5, 0.6) is 0 Å². The van der Waals surface area contributed by atoms with Gasteiger partial charge in [0, 0.05) is 18.8 Å². The van der Waals surface area contributed by atoms with E-state index in [1.807, 2.05) is 0 Å². The molecule has 0 aromatic carbocycles. The highest BCUT2D eigenvalue weighted by Crippen LogP contribution is 2.43. The topological polar surface area (TPSA) is 210 Å². The molecule has 50 heavy (non-hydrogen) atoms. The number of carbonyl (C=O) groups is 2. The second kappa shape index (κ2) is 27.0. The van der Waals surface area contributed by atoms with Gasteiger partial charge in [-0.15, -0.1) is 0 Å². The fraction of sp³-hybridized carbons (Fsp3) is 0.833. The molecule has 1 saturated carbocycles. The van der Waals surface area contributed by atoms with E-state index in [1.54, 1.807) is 24.3 Å². The summed E-state index contributed by atoms with van der Waals surface area (Å²) in [6.45, 7) is 4.06. The van der Waals surface area contributed by atoms with Crippen LogP contribution in [0.4, 0.5) is 0 Å². The van der Waals surface area contributed by atoms with E-state index < -0.39 is 76.7 Å². The average Bonchev–Trinajstić information content (AvgIpc) is 3.34. The van der Waals surface area contributed by atoms with Gasteiger partial charge in [-0.05, 0) is 31.1 Å². The van der Waals surface area contributed by atoms with Crippen LogP contribution in [0.15, 0.2) is 24.3 Å². The minimum Gasteiger partial charge on any atom is -0.462 e. The Morgan fingerprint density at radius 3 is 2.20 bits per heavy atom. The van der Waals surface area contributed by atoms with Gasteiger partial charge in [-0.1, -0.05) is 103 Å². The number of phosphoric ester groups is 1. The van der Waals surface area contributed by atoms with Crippen LogP contribution in [0.3, 0.4) is 0 Å². The van der Waals surface area contributed by atoms with Gasteiger partial charge in [0.2, 0.25) is 0 Å². The molecular formula is C36H65O13P. The standard InChI is InChI=1S/C36H65O13P/c1-4-5-10-16-28(38)20-21-32-31(33(40)22-34(32)41)17-13-14-19-36(43)49-30(26-48-50(44,45)47-24-29(39)23-37)25-46-35(42)18-12-9-7-6-8-11-15-27(2)3/h13-14,20-21,27-34,37-41H,4-12,15-19,22-26H2,1-3H3,(H,44,45)/b14-13-,21-20+/t28-,29+,30-,31+,32-,33+,34-/m1/s1. The summed E-state index contributed by atoms with van der Waals surface area (Å²) in [5, 5.41) is 49.5. The van der Waals surface area contributed by atoms with Gasteiger partial charge >= 0.3 is 19.8 Å². The van der Waals surface area contributed by atoms with Crippen molar-refractivity contribution in [3.63, 3.8) is 0 Å². The van der Waals surface area contributed by atoms with E-state index in [2.05, 4.69) is 25.3 Å². The Hall–Kier alpha value is -1.67. The molecule has 0 aromatic heterocycles. The van der Waals surface area contributed by atoms with E-state index in [0.717, 1.165) is 44.9 Å². The van der Waals surface area contributed by atoms with Crippen LogP contribution >= 0.6 is 7.82 Å². The molecule has 0 radical (unpaired) electrons. The van der Waals surface area contributed by atoms with Crippen LogP contribution in [0, 0.1) is 17.8 Å². The number of aliphatic hydroxyl groups excluding tert-OH is 5. The Balaban J connectivity index is 2.66. The van der Waals surface area contributed by atoms with Crippen LogP contribution < -0.4 is 0 Å². The highest BCUT2D eigenvalue weighted by molar-refractivity contribution is 7.47. The Morgan fingerprint density at radius 2 is 1.52 bits per heavy atom. The smallest absolute Gasteiger partial charge is 0.462 e. The molecule has 1 aliphatic carbocycles. The Bertz CT molecular complexity index is 1020. The Kier molecular flexibility index (Phi) is 25.0. The van der Waals surface area contributed by atoms with Gasteiger partial charge in [0.1, 0.15) is 12.7 Å². The first-order valence-corrected chi connectivity index (χ1v) is 19.9. The summed E-state index contributed by atoms with van der Waals surface area (Å²) in [6, 6.07) is 0. The zero-order valence-electron chi connectivity index (χ0n) is 30.4. The summed E-state index contributed by atoms with van der Waals surface area (Å²) < 4.78 is 32.4. The molecule has 8 atom stereocenters. The first kappa shape index (κ1) is 46.4. The third-order valence-electron chi connectivity index (χ3n) is 8.64. The van der Waals surface area contributed by atoms with Crippen LogP contribution in [-0.2, 0) is 32.7 Å². The monoisotopic (exact) mass is 736 g/mol. The maximum atomic E-state index is 12.7. The van der Waals surface area contributed by atoms with E-state index in [9.17, 15) is 39.5 Å². The lowest BCUT2D eigenvalue weighted by Crippen LogP contribution is -2.29. The number of carbonyl (C=O) groups excluding carboxylic acids is 2. The van der Waals surface area contributed by atoms with Crippen molar-refractivity contribution in [2.45, 2.75) is 148 Å². The Morgan fingerprint density at radius 1 is 0.860 bits per heavy atom. The van der Waals surface area contributed by atoms with Gasteiger partial charge < -0.3 is 39.9 Å². The molecule has 1 fully saturated rings. The summed E-state index contributed by atoms with van der Waals surface area (Å²) >= 11 is 0. The summed E-state index contributed by atoms with van der Waals surface area (Å²) in [7, 11) is -4.70. The van der Waals surface area contributed by atoms with Crippen LogP contribution in [-0.4, -0.2) is 99.3 Å². The SMILES string of the molecule is CCCCC[C@@H](O)/C=C/[C@@H]1[C@H](C/C=C\CC(=O)O[C@H](COC(=O)CCCCCCCCC(C)C)COP(=O)(O)OC[C@@H](O)CO)[C@@H](O)C[C@H]1O. The van der Waals surface area contributed by atoms with Gasteiger partial charge in [-0.25, -0.2) is 4.57 Å². The number of hydrogen-bond acceptors (Lipinski definition) is 12. The van der Waals surface area contributed by atoms with E-state index in [4.69, 9.17) is 19.1 Å². The van der Waals surface area contributed by atoms with Crippen LogP contribution in [0.25, 0.3) is 0 Å². The number of hydrogen-bond donors (Lipinski definition) is 6. The largest absolute Gasteiger partial charge is 0.472 e. The first-order valence-electron chi connectivity index (χ1n) is 18.4. The van der Waals surface area contributed by atoms with Crippen LogP contribution in [0.1, 0.15) is 117 Å². The van der Waals surface area contributed by atoms with E-state index >= 15 is 0 Å². The lowest BCUT2D eigenvalue weighted by Gasteiger charge is -2.20. The van der Waals surface area contributed by atoms with Gasteiger partial charge in [0.25, 0.3) is 0 Å². The number of esters is 2. The molecule has 0 saturated heterocycles. The third-order valence-corrected chi connectivity index (χ3v) is 9.59. The lowest BCUT2D eigenvalue weighted by molar-refractivity contribution is -0.160. The molecule has 1 rings (SSSR count). The second-order valence-electron chi connectivity index (χ2n) is 13.7. The predicted octanol–water partition coefficient (Wildman–Crippen LogP) is 4.90. The van der Waals surface area contributed by atoms with Gasteiger partial charge in [0.05, 0.1) is 44.6 Å². The van der Waals surface area contributed by atoms with E-state index in [-0.39, 0.29) is 31.1 Å². The maximum Gasteiger partial charge on any atom is 0.472 e. The summed E-state index contributed by atoms with van der Waals surface area (Å²) in [5.41, 5.74) is 0. The zero-order chi connectivity index (χ0) is 37.4. The van der Waals surface area contributed by atoms with Gasteiger partial charge in [0.15, 0.2) is 6.10 Å². The number of unbranched alkanes of at least 4 members (excludes halogenated alkanes) is 7. The molecule has 6 N–H and O–H groups in total. The minimum absolute atomic E-state index is 0.173. The summed E-state index contributed by atoms with van der Waals surface area (Å²) in [6.07, 6.45) is 13.3. The molecule has 0 spiro atoms. The third kappa shape index (κ3) is 22.3. The van der Waals surface area contributed by atoms with E-state index in [1.165, 1.54) is 12.8 Å². The highest BCUT2D eigenvalue weighted by Gasteiger charge is 2.39. The van der Waals surface area contributed by atoms with Crippen molar-refractivity contribution < 1.29 is 63.1 Å². The molecule has 0 aromatic rings. The fourth-order valence-corrected chi connectivity index (χ4v) is 6.47. The molecule has 0 aliphatic heterocycles. The highest BCUT2D eigenvalue weighted by atomic mass is 31.2. The molecule has 0 heterocycles. The molecule has 0 bridgehead atoms. The predicted molar refractivity (Wildman–Crippen MR) is 189 cm³/mol. The number of allylic oxidation sites excluding steroid dienone is 1. The zero-order valence-corrected chi connectivity index (χ0v) is 31.2. The quantitative estimate of drug-likeness (QED) is 0.0262. The van der Waals surface area contributed by atoms with Crippen molar-refractivity contribution in [2.24, 2.45) is 17.8 Å². The first-order chi connectivity index (χ1) is 23.8. The van der Waals surface area contributed by atoms with Crippen LogP contribution in [0.2, 0.25) is 0 Å². The number of rotatable bonds is 29. The van der Waals surface area contributed by atoms with Crippen molar-refractivity contribution in [1.29, 1.82) is 0 Å². The summed E-state index contributed by atoms with van der Waals surface area (Å²) in [4.78, 5) is 35.0. The van der Waals surface area contributed by atoms with Crippen molar-refractivity contribution >= 4 is 19.8 Å². The second-order valence-corrected chi connectivity index (χ2v) is 15.2. The molecule has 1 aliphatic rings. The minimum atomic E-state index is -4.70. The number of aliphatic hydroxyl groups is 5. The average molecular weight is 737 g/mol. The molecule has 1 unspecified atom stereocenters. The van der Waals surface area contributed by atoms with Crippen molar-refractivity contribution in [1.82, 2.24) is 0 Å². The van der Waals surface area contributed by atoms with Crippen molar-refractivity contribution in [3.8, 4) is 0 Å². The molecule has 14 heteroatoms. The van der Waals surface area contributed by atoms with Gasteiger partial charge in [-0.3, -0.25) is 18.6 Å². The van der Waals surface area contributed by atoms with Gasteiger partial charge in [-0.2, -0.15) is 0 Å². The molecule has 292 valence electrons. The molecule has 0 amide bonds. The normalized spacial score (nSPS) is 22.6. The summed E-state index contributed by atoms with van der Waals surface area (Å²) in [5.74, 6) is -1.21. The van der Waals surface area contributed by atoms with Crippen molar-refractivity contribution in [2.75, 3.05) is 26.4 Å². The Labute approximate surface area is 298 Å². The molecule has 13 nitrogen and oxygen atoms in total. The van der Waals surface area contributed by atoms with Crippen molar-refractivity contribution in [3.05, 3.63) is 24.3 Å². The maximum absolute atomic E-state index is 12.7. The molecular weight excluding hydrogens is 671 g/mol. The lowest BCUT2D eigenvalue weighted by atomic mass is 9.89. The number of ether oxygens (including phenoxy) is 2. The van der Waals surface area contributed by atoms with E-state index in [0.29, 0.717) is 25.2 Å².